The number of fused-ring (bicyclic) bond motifs is 2. The van der Waals surface area contributed by atoms with Crippen molar-refractivity contribution in [2.45, 2.75) is 40.0 Å². The van der Waals surface area contributed by atoms with Crippen LogP contribution in [-0.2, 0) is 12.8 Å². The molecule has 0 spiro atoms. The average Bonchev–Trinajstić information content (AvgIpc) is 3.29. The molecule has 4 aromatic rings. The molecule has 3 aromatic carbocycles. The fourth-order valence-corrected chi connectivity index (χ4v) is 6.53. The molecular weight excluding hydrogens is 524 g/mol. The Morgan fingerprint density at radius 2 is 1.95 bits per heavy atom. The Hall–Kier alpha value is -3.59. The number of benzene rings is 3. The highest BCUT2D eigenvalue weighted by Gasteiger charge is 2.33. The monoisotopic (exact) mass is 554 g/mol. The summed E-state index contributed by atoms with van der Waals surface area (Å²) in [6.45, 7) is 7.04. The van der Waals surface area contributed by atoms with E-state index in [9.17, 15) is 4.79 Å². The van der Waals surface area contributed by atoms with E-state index in [-0.39, 0.29) is 17.9 Å². The zero-order valence-corrected chi connectivity index (χ0v) is 24.0. The summed E-state index contributed by atoms with van der Waals surface area (Å²) in [6, 6.07) is 19.2. The van der Waals surface area contributed by atoms with Crippen molar-refractivity contribution in [1.29, 1.82) is 0 Å². The van der Waals surface area contributed by atoms with Gasteiger partial charge in [0, 0.05) is 27.4 Å². The number of halogens is 1. The van der Waals surface area contributed by atoms with Gasteiger partial charge in [0.15, 0.2) is 0 Å². The predicted octanol–water partition coefficient (Wildman–Crippen LogP) is 8.72. The Labute approximate surface area is 239 Å². The molecule has 0 radical (unpaired) electrons. The van der Waals surface area contributed by atoms with Gasteiger partial charge in [0.05, 0.1) is 5.56 Å². The second kappa shape index (κ2) is 11.3. The second-order valence-electron chi connectivity index (χ2n) is 10.9. The van der Waals surface area contributed by atoms with Gasteiger partial charge >= 0.3 is 0 Å². The standard InChI is InChI=1S/C33H31ClN2O2S/c1-5-18-38-28-17-10-21-8-6-7-9-25(21)27(28)20-35-32-30(31(37)36-24-14-12-23(34)13-15-24)26-16-11-22(33(2,3)4)19-29(26)39-32/h1,6-10,12-15,17,20,22H,11,16,18-19H2,2-4H3,(H,36,37)/t22-/m1/s1. The first-order chi connectivity index (χ1) is 18.7. The maximum Gasteiger partial charge on any atom is 0.259 e. The van der Waals surface area contributed by atoms with Crippen LogP contribution in [-0.4, -0.2) is 18.7 Å². The van der Waals surface area contributed by atoms with Crippen molar-refractivity contribution in [2.24, 2.45) is 16.3 Å². The molecule has 0 saturated heterocycles. The summed E-state index contributed by atoms with van der Waals surface area (Å²) in [7, 11) is 0. The lowest BCUT2D eigenvalue weighted by molar-refractivity contribution is 0.102. The van der Waals surface area contributed by atoms with E-state index < -0.39 is 0 Å². The van der Waals surface area contributed by atoms with Crippen LogP contribution in [0, 0.1) is 23.7 Å². The molecule has 5 rings (SSSR count). The van der Waals surface area contributed by atoms with Crippen LogP contribution in [0.5, 0.6) is 5.75 Å². The van der Waals surface area contributed by atoms with E-state index in [2.05, 4.69) is 38.1 Å². The van der Waals surface area contributed by atoms with Crippen molar-refractivity contribution in [3.05, 3.63) is 87.3 Å². The molecule has 1 aliphatic carbocycles. The van der Waals surface area contributed by atoms with Crippen LogP contribution in [0.4, 0.5) is 10.7 Å². The molecule has 0 saturated carbocycles. The van der Waals surface area contributed by atoms with Gasteiger partial charge in [-0.25, -0.2) is 4.99 Å². The SMILES string of the molecule is C#CCOc1ccc2ccccc2c1C=Nc1sc2c(c1C(=O)Nc1ccc(Cl)cc1)CC[C@@H](C(C)(C)C)C2. The number of carbonyl (C=O) groups excluding carboxylic acids is 1. The molecule has 4 nitrogen and oxygen atoms in total. The van der Waals surface area contributed by atoms with Gasteiger partial charge in [0.2, 0.25) is 0 Å². The van der Waals surface area contributed by atoms with Gasteiger partial charge < -0.3 is 10.1 Å². The molecule has 1 aromatic heterocycles. The lowest BCUT2D eigenvalue weighted by atomic mass is 9.72. The molecule has 0 unspecified atom stereocenters. The minimum atomic E-state index is -0.155. The third kappa shape index (κ3) is 5.88. The lowest BCUT2D eigenvalue weighted by Crippen LogP contribution is -2.27. The van der Waals surface area contributed by atoms with E-state index >= 15 is 0 Å². The molecule has 39 heavy (non-hydrogen) atoms. The Kier molecular flexibility index (Phi) is 7.79. The van der Waals surface area contributed by atoms with Crippen molar-refractivity contribution >= 4 is 56.5 Å². The van der Waals surface area contributed by atoms with Gasteiger partial charge in [0.25, 0.3) is 5.91 Å². The highest BCUT2D eigenvalue weighted by molar-refractivity contribution is 7.16. The molecule has 0 aliphatic heterocycles. The Balaban J connectivity index is 1.58. The number of nitrogens with zero attached hydrogens (tertiary/aromatic N) is 1. The molecule has 1 heterocycles. The van der Waals surface area contributed by atoms with Gasteiger partial charge in [-0.1, -0.05) is 68.6 Å². The summed E-state index contributed by atoms with van der Waals surface area (Å²) in [6.07, 6.45) is 10.1. The molecule has 0 fully saturated rings. The topological polar surface area (TPSA) is 50.7 Å². The first-order valence-electron chi connectivity index (χ1n) is 13.1. The van der Waals surface area contributed by atoms with E-state index in [4.69, 9.17) is 27.8 Å². The largest absolute Gasteiger partial charge is 0.480 e. The van der Waals surface area contributed by atoms with Crippen molar-refractivity contribution in [3.8, 4) is 18.1 Å². The Bertz CT molecular complexity index is 1590. The van der Waals surface area contributed by atoms with E-state index in [1.54, 1.807) is 23.5 Å². The number of terminal acetylenes is 1. The van der Waals surface area contributed by atoms with Crippen LogP contribution >= 0.6 is 22.9 Å². The number of anilines is 1. The summed E-state index contributed by atoms with van der Waals surface area (Å²) < 4.78 is 5.87. The quantitative estimate of drug-likeness (QED) is 0.191. The predicted molar refractivity (Wildman–Crippen MR) is 164 cm³/mol. The normalized spacial score (nSPS) is 15.2. The van der Waals surface area contributed by atoms with Crippen LogP contribution in [0.2, 0.25) is 5.02 Å². The Morgan fingerprint density at radius 3 is 2.69 bits per heavy atom. The smallest absolute Gasteiger partial charge is 0.259 e. The Morgan fingerprint density at radius 1 is 1.18 bits per heavy atom. The third-order valence-corrected chi connectivity index (χ3v) is 8.77. The van der Waals surface area contributed by atoms with E-state index in [1.165, 1.54) is 4.88 Å². The fourth-order valence-electron chi connectivity index (χ4n) is 5.14. The number of carbonyl (C=O) groups is 1. The van der Waals surface area contributed by atoms with Gasteiger partial charge in [0.1, 0.15) is 17.4 Å². The van der Waals surface area contributed by atoms with E-state index in [0.29, 0.717) is 32.9 Å². The number of rotatable bonds is 6. The molecule has 1 N–H and O–H groups in total. The first kappa shape index (κ1) is 27.0. The summed E-state index contributed by atoms with van der Waals surface area (Å²) in [4.78, 5) is 19.9. The molecule has 198 valence electrons. The number of nitrogens with one attached hydrogen (secondary N) is 1. The molecule has 1 aliphatic rings. The molecule has 6 heteroatoms. The van der Waals surface area contributed by atoms with Crippen molar-refractivity contribution < 1.29 is 9.53 Å². The number of hydrogen-bond acceptors (Lipinski definition) is 4. The van der Waals surface area contributed by atoms with Crippen LogP contribution in [0.3, 0.4) is 0 Å². The summed E-state index contributed by atoms with van der Waals surface area (Å²) in [5.74, 6) is 3.60. The van der Waals surface area contributed by atoms with Gasteiger partial charge in [-0.3, -0.25) is 4.79 Å². The van der Waals surface area contributed by atoms with Crippen molar-refractivity contribution in [3.63, 3.8) is 0 Å². The van der Waals surface area contributed by atoms with Crippen LogP contribution in [0.25, 0.3) is 10.8 Å². The van der Waals surface area contributed by atoms with E-state index in [1.807, 2.05) is 48.7 Å². The highest BCUT2D eigenvalue weighted by Crippen LogP contribution is 2.45. The van der Waals surface area contributed by atoms with Crippen LogP contribution in [0.1, 0.15) is 53.6 Å². The highest BCUT2D eigenvalue weighted by atomic mass is 35.5. The number of ether oxygens (including phenoxy) is 1. The third-order valence-electron chi connectivity index (χ3n) is 7.35. The average molecular weight is 555 g/mol. The fraction of sp³-hybridized carbons (Fsp3) is 0.273. The van der Waals surface area contributed by atoms with Crippen LogP contribution < -0.4 is 10.1 Å². The number of hydrogen-bond donors (Lipinski definition) is 1. The molecule has 0 bridgehead atoms. The number of thiophene rings is 1. The summed E-state index contributed by atoms with van der Waals surface area (Å²) in [5.41, 5.74) is 3.50. The molecule has 1 atom stereocenters. The van der Waals surface area contributed by atoms with Crippen molar-refractivity contribution in [1.82, 2.24) is 0 Å². The molecular formula is C33H31ClN2O2S. The summed E-state index contributed by atoms with van der Waals surface area (Å²) in [5, 5.41) is 6.47. The minimum absolute atomic E-state index is 0.155. The molecule has 1 amide bonds. The van der Waals surface area contributed by atoms with Gasteiger partial charge in [-0.2, -0.15) is 0 Å². The number of amides is 1. The second-order valence-corrected chi connectivity index (χ2v) is 12.4. The summed E-state index contributed by atoms with van der Waals surface area (Å²) >= 11 is 7.67. The van der Waals surface area contributed by atoms with Crippen LogP contribution in [0.15, 0.2) is 65.7 Å². The van der Waals surface area contributed by atoms with Gasteiger partial charge in [-0.15, -0.1) is 17.8 Å². The van der Waals surface area contributed by atoms with Gasteiger partial charge in [-0.05, 0) is 77.3 Å². The minimum Gasteiger partial charge on any atom is -0.480 e. The lowest BCUT2D eigenvalue weighted by Gasteiger charge is -2.33. The van der Waals surface area contributed by atoms with E-state index in [0.717, 1.165) is 41.2 Å². The maximum atomic E-state index is 13.7. The zero-order chi connectivity index (χ0) is 27.6. The van der Waals surface area contributed by atoms with Crippen molar-refractivity contribution in [2.75, 3.05) is 11.9 Å². The number of aliphatic imine (C=N–C) groups is 1. The first-order valence-corrected chi connectivity index (χ1v) is 14.3. The zero-order valence-electron chi connectivity index (χ0n) is 22.4. The maximum absolute atomic E-state index is 13.7.